The summed E-state index contributed by atoms with van der Waals surface area (Å²) in [5.74, 6) is 0.212. The van der Waals surface area contributed by atoms with Crippen LogP contribution in [0.5, 0.6) is 5.75 Å². The van der Waals surface area contributed by atoms with Gasteiger partial charge in [-0.1, -0.05) is 43.7 Å². The number of anilines is 2. The van der Waals surface area contributed by atoms with E-state index in [0.29, 0.717) is 11.4 Å². The zero-order chi connectivity index (χ0) is 23.0. The Bertz CT molecular complexity index is 1110. The van der Waals surface area contributed by atoms with E-state index in [0.717, 1.165) is 24.9 Å². The Hall–Kier alpha value is -3.32. The Labute approximate surface area is 189 Å². The maximum Gasteiger partial charge on any atom is 0.264 e. The average Bonchev–Trinajstić information content (AvgIpc) is 2.82. The van der Waals surface area contributed by atoms with Crippen molar-refractivity contribution in [2.75, 3.05) is 23.3 Å². The van der Waals surface area contributed by atoms with E-state index in [1.54, 1.807) is 54.6 Å². The summed E-state index contributed by atoms with van der Waals surface area (Å²) in [5, 5.41) is 2.81. The first-order valence-corrected chi connectivity index (χ1v) is 12.0. The molecule has 0 unspecified atom stereocenters. The van der Waals surface area contributed by atoms with E-state index in [9.17, 15) is 13.2 Å². The number of sulfonamides is 1. The molecule has 1 N–H and O–H groups in total. The number of ether oxygens (including phenoxy) is 1. The van der Waals surface area contributed by atoms with Crippen molar-refractivity contribution in [1.29, 1.82) is 0 Å². The quantitative estimate of drug-likeness (QED) is 0.476. The van der Waals surface area contributed by atoms with Crippen molar-refractivity contribution in [2.45, 2.75) is 31.1 Å². The fourth-order valence-corrected chi connectivity index (χ4v) is 4.34. The lowest BCUT2D eigenvalue weighted by atomic mass is 10.1. The summed E-state index contributed by atoms with van der Waals surface area (Å²) < 4.78 is 32.2. The van der Waals surface area contributed by atoms with Crippen LogP contribution in [-0.2, 0) is 21.2 Å². The van der Waals surface area contributed by atoms with Gasteiger partial charge in [0.1, 0.15) is 5.75 Å². The smallest absolute Gasteiger partial charge is 0.264 e. The van der Waals surface area contributed by atoms with Crippen LogP contribution in [-0.4, -0.2) is 28.0 Å². The van der Waals surface area contributed by atoms with E-state index in [4.69, 9.17) is 4.74 Å². The molecular weight excluding hydrogens is 424 g/mol. The summed E-state index contributed by atoms with van der Waals surface area (Å²) in [6.45, 7) is 2.02. The Morgan fingerprint density at radius 2 is 1.59 bits per heavy atom. The number of aryl methyl sites for hydroxylation is 1. The van der Waals surface area contributed by atoms with Crippen LogP contribution in [0, 0.1) is 0 Å². The first-order chi connectivity index (χ1) is 15.4. The minimum atomic E-state index is -3.65. The molecule has 0 spiro atoms. The molecule has 0 fully saturated rings. The summed E-state index contributed by atoms with van der Waals surface area (Å²) in [7, 11) is -2.15. The van der Waals surface area contributed by atoms with Gasteiger partial charge in [-0.15, -0.1) is 0 Å². The van der Waals surface area contributed by atoms with Gasteiger partial charge in [-0.05, 0) is 66.9 Å². The molecule has 0 atom stereocenters. The summed E-state index contributed by atoms with van der Waals surface area (Å²) in [6.07, 6.45) is 3.33. The maximum atomic E-state index is 12.7. The molecule has 32 heavy (non-hydrogen) atoms. The first-order valence-electron chi connectivity index (χ1n) is 10.6. The van der Waals surface area contributed by atoms with E-state index >= 15 is 0 Å². The van der Waals surface area contributed by atoms with Crippen LogP contribution in [0.1, 0.15) is 25.3 Å². The highest BCUT2D eigenvalue weighted by atomic mass is 32.2. The van der Waals surface area contributed by atoms with Gasteiger partial charge in [0.15, 0.2) is 6.61 Å². The summed E-state index contributed by atoms with van der Waals surface area (Å²) in [5.41, 5.74) is 2.47. The van der Waals surface area contributed by atoms with Gasteiger partial charge in [0, 0.05) is 12.7 Å². The lowest BCUT2D eigenvalue weighted by Gasteiger charge is -2.19. The first kappa shape index (κ1) is 23.3. The average molecular weight is 453 g/mol. The highest BCUT2D eigenvalue weighted by Gasteiger charge is 2.20. The van der Waals surface area contributed by atoms with Gasteiger partial charge < -0.3 is 10.1 Å². The van der Waals surface area contributed by atoms with Crippen molar-refractivity contribution in [1.82, 2.24) is 0 Å². The molecule has 0 heterocycles. The minimum Gasteiger partial charge on any atom is -0.484 e. The largest absolute Gasteiger partial charge is 0.484 e. The number of unbranched alkanes of at least 4 members (excludes halogenated alkanes) is 1. The number of carbonyl (C=O) groups excluding carboxylic acids is 1. The molecule has 0 saturated heterocycles. The normalized spacial score (nSPS) is 11.1. The molecule has 0 aromatic heterocycles. The van der Waals surface area contributed by atoms with Crippen LogP contribution in [0.25, 0.3) is 0 Å². The van der Waals surface area contributed by atoms with Crippen LogP contribution in [0.15, 0.2) is 83.8 Å². The SMILES string of the molecule is CCCCc1ccc(NC(=O)COc2ccc(N(C)S(=O)(=O)c3ccccc3)cc2)cc1. The molecule has 3 aromatic rings. The lowest BCUT2D eigenvalue weighted by Crippen LogP contribution is -2.26. The third-order valence-electron chi connectivity index (χ3n) is 5.03. The van der Waals surface area contributed by atoms with Crippen molar-refractivity contribution in [3.8, 4) is 5.75 Å². The molecule has 168 valence electrons. The number of carbonyl (C=O) groups is 1. The molecule has 0 aliphatic heterocycles. The summed E-state index contributed by atoms with van der Waals surface area (Å²) in [4.78, 5) is 12.4. The molecule has 7 heteroatoms. The highest BCUT2D eigenvalue weighted by molar-refractivity contribution is 7.92. The van der Waals surface area contributed by atoms with E-state index in [1.165, 1.54) is 16.9 Å². The molecule has 1 amide bonds. The Balaban J connectivity index is 1.54. The molecule has 0 aliphatic carbocycles. The number of benzene rings is 3. The molecule has 0 radical (unpaired) electrons. The predicted octanol–water partition coefficient (Wildman–Crippen LogP) is 4.87. The number of amides is 1. The van der Waals surface area contributed by atoms with Crippen LogP contribution in [0.2, 0.25) is 0 Å². The highest BCUT2D eigenvalue weighted by Crippen LogP contribution is 2.24. The van der Waals surface area contributed by atoms with Crippen molar-refractivity contribution in [3.05, 3.63) is 84.4 Å². The van der Waals surface area contributed by atoms with Gasteiger partial charge >= 0.3 is 0 Å². The number of nitrogens with one attached hydrogen (secondary N) is 1. The van der Waals surface area contributed by atoms with Crippen molar-refractivity contribution >= 4 is 27.3 Å². The Morgan fingerprint density at radius 3 is 2.22 bits per heavy atom. The van der Waals surface area contributed by atoms with E-state index in [2.05, 4.69) is 12.2 Å². The van der Waals surface area contributed by atoms with Crippen LogP contribution in [0.3, 0.4) is 0 Å². The third kappa shape index (κ3) is 6.11. The molecule has 0 aliphatic rings. The second-order valence-corrected chi connectivity index (χ2v) is 9.39. The number of nitrogens with zero attached hydrogens (tertiary/aromatic N) is 1. The Morgan fingerprint density at radius 1 is 0.938 bits per heavy atom. The van der Waals surface area contributed by atoms with Gasteiger partial charge in [0.05, 0.1) is 10.6 Å². The zero-order valence-corrected chi connectivity index (χ0v) is 19.1. The zero-order valence-electron chi connectivity index (χ0n) is 18.3. The van der Waals surface area contributed by atoms with E-state index < -0.39 is 10.0 Å². The van der Waals surface area contributed by atoms with Crippen LogP contribution < -0.4 is 14.4 Å². The van der Waals surface area contributed by atoms with Crippen molar-refractivity contribution in [3.63, 3.8) is 0 Å². The number of hydrogen-bond acceptors (Lipinski definition) is 4. The number of hydrogen-bond donors (Lipinski definition) is 1. The molecular formula is C25H28N2O4S. The van der Waals surface area contributed by atoms with Crippen molar-refractivity contribution in [2.24, 2.45) is 0 Å². The summed E-state index contributed by atoms with van der Waals surface area (Å²) in [6, 6.07) is 22.6. The molecule has 0 bridgehead atoms. The van der Waals surface area contributed by atoms with E-state index in [1.807, 2.05) is 24.3 Å². The monoisotopic (exact) mass is 452 g/mol. The van der Waals surface area contributed by atoms with Gasteiger partial charge in [0.2, 0.25) is 0 Å². The van der Waals surface area contributed by atoms with Crippen LogP contribution in [0.4, 0.5) is 11.4 Å². The predicted molar refractivity (Wildman–Crippen MR) is 128 cm³/mol. The molecule has 6 nitrogen and oxygen atoms in total. The standard InChI is InChI=1S/C25H28N2O4S/c1-3-4-8-20-11-13-21(14-12-20)26-25(28)19-31-23-17-15-22(16-18-23)27(2)32(29,30)24-9-6-5-7-10-24/h5-7,9-18H,3-4,8,19H2,1-2H3,(H,26,28). The second kappa shape index (κ2) is 10.8. The van der Waals surface area contributed by atoms with E-state index in [-0.39, 0.29) is 17.4 Å². The summed E-state index contributed by atoms with van der Waals surface area (Å²) >= 11 is 0. The molecule has 3 rings (SSSR count). The third-order valence-corrected chi connectivity index (χ3v) is 6.83. The van der Waals surface area contributed by atoms with Crippen molar-refractivity contribution < 1.29 is 17.9 Å². The number of rotatable bonds is 10. The Kier molecular flexibility index (Phi) is 7.89. The van der Waals surface area contributed by atoms with Gasteiger partial charge in [-0.3, -0.25) is 9.10 Å². The molecule has 3 aromatic carbocycles. The molecule has 0 saturated carbocycles. The van der Waals surface area contributed by atoms with Gasteiger partial charge in [0.25, 0.3) is 15.9 Å². The maximum absolute atomic E-state index is 12.7. The fraction of sp³-hybridized carbons (Fsp3) is 0.240. The minimum absolute atomic E-state index is 0.144. The lowest BCUT2D eigenvalue weighted by molar-refractivity contribution is -0.118. The van der Waals surface area contributed by atoms with Gasteiger partial charge in [-0.25, -0.2) is 8.42 Å². The topological polar surface area (TPSA) is 75.7 Å². The fourth-order valence-electron chi connectivity index (χ4n) is 3.12. The van der Waals surface area contributed by atoms with Crippen LogP contribution >= 0.6 is 0 Å². The second-order valence-electron chi connectivity index (χ2n) is 7.42. The van der Waals surface area contributed by atoms with Gasteiger partial charge in [-0.2, -0.15) is 0 Å².